The number of nitrogens with zero attached hydrogens (tertiary/aromatic N) is 1. The van der Waals surface area contributed by atoms with Crippen molar-refractivity contribution in [2.45, 2.75) is 6.54 Å². The minimum absolute atomic E-state index is 0.0244. The molecule has 26 heavy (non-hydrogen) atoms. The normalized spacial score (nSPS) is 11.3. The highest BCUT2D eigenvalue weighted by molar-refractivity contribution is 5.93. The van der Waals surface area contributed by atoms with E-state index < -0.39 is 22.0 Å². The van der Waals surface area contributed by atoms with E-state index in [2.05, 4.69) is 9.97 Å². The van der Waals surface area contributed by atoms with Crippen LogP contribution in [0, 0.1) is 0 Å². The number of ether oxygens (including phenoxy) is 1. The van der Waals surface area contributed by atoms with Gasteiger partial charge in [-0.1, -0.05) is 12.1 Å². The molecule has 0 saturated heterocycles. The lowest BCUT2D eigenvalue weighted by atomic mass is 10.1. The van der Waals surface area contributed by atoms with Crippen LogP contribution in [-0.2, 0) is 6.54 Å². The predicted octanol–water partition coefficient (Wildman–Crippen LogP) is 0.386. The summed E-state index contributed by atoms with van der Waals surface area (Å²) < 4.78 is 5.98. The Kier molecular flexibility index (Phi) is 3.47. The fraction of sp³-hybridized carbons (Fsp3) is 0.111. The van der Waals surface area contributed by atoms with Gasteiger partial charge in [0, 0.05) is 12.4 Å². The van der Waals surface area contributed by atoms with E-state index in [9.17, 15) is 19.2 Å². The molecule has 0 spiro atoms. The van der Waals surface area contributed by atoms with Gasteiger partial charge in [0.25, 0.3) is 11.1 Å². The largest absolute Gasteiger partial charge is 0.497 e. The van der Waals surface area contributed by atoms with Crippen molar-refractivity contribution >= 4 is 21.8 Å². The van der Waals surface area contributed by atoms with Crippen molar-refractivity contribution in [3.63, 3.8) is 0 Å². The Morgan fingerprint density at radius 1 is 0.846 bits per heavy atom. The molecule has 4 rings (SSSR count). The van der Waals surface area contributed by atoms with E-state index in [0.717, 1.165) is 4.57 Å². The fourth-order valence-corrected chi connectivity index (χ4v) is 3.06. The topological polar surface area (TPSA) is 114 Å². The quantitative estimate of drug-likeness (QED) is 0.554. The molecule has 0 bridgehead atoms. The maximum Gasteiger partial charge on any atom is 0.266 e. The summed E-state index contributed by atoms with van der Waals surface area (Å²) in [6.07, 6.45) is 2.87. The second kappa shape index (κ2) is 5.69. The molecular formula is C18H13N3O5. The zero-order valence-electron chi connectivity index (χ0n) is 13.7. The minimum atomic E-state index is -0.762. The van der Waals surface area contributed by atoms with E-state index in [1.807, 2.05) is 0 Å². The standard InChI is InChI=1S/C18H13N3O5/c1-26-10-4-2-9(3-5-10)8-21-17(24)11-12(18(21)25)16(23)14-13(15(11)22)19-6-7-20-14/h2-7,19-20H,8H2,1H3. The molecular weight excluding hydrogens is 338 g/mol. The summed E-state index contributed by atoms with van der Waals surface area (Å²) >= 11 is 0. The van der Waals surface area contributed by atoms with E-state index >= 15 is 0 Å². The molecule has 130 valence electrons. The number of methoxy groups -OCH3 is 1. The number of hydrogen-bond donors (Lipinski definition) is 2. The first-order valence-corrected chi connectivity index (χ1v) is 7.78. The predicted molar refractivity (Wildman–Crippen MR) is 96.5 cm³/mol. The number of rotatable bonds is 3. The molecule has 0 aliphatic rings. The van der Waals surface area contributed by atoms with E-state index in [4.69, 9.17) is 4.74 Å². The summed E-state index contributed by atoms with van der Waals surface area (Å²) in [7, 11) is 1.53. The van der Waals surface area contributed by atoms with Crippen molar-refractivity contribution in [3.8, 4) is 5.75 Å². The van der Waals surface area contributed by atoms with Gasteiger partial charge in [-0.2, -0.15) is 0 Å². The van der Waals surface area contributed by atoms with Crippen molar-refractivity contribution in [2.75, 3.05) is 7.11 Å². The summed E-state index contributed by atoms with van der Waals surface area (Å²) in [6, 6.07) is 6.81. The number of nitrogens with one attached hydrogen (secondary N) is 2. The Morgan fingerprint density at radius 3 is 1.81 bits per heavy atom. The van der Waals surface area contributed by atoms with Crippen LogP contribution < -0.4 is 26.7 Å². The fourth-order valence-electron chi connectivity index (χ4n) is 3.06. The van der Waals surface area contributed by atoms with Crippen LogP contribution in [-0.4, -0.2) is 21.6 Å². The van der Waals surface area contributed by atoms with Gasteiger partial charge in [-0.15, -0.1) is 0 Å². The highest BCUT2D eigenvalue weighted by Gasteiger charge is 2.22. The van der Waals surface area contributed by atoms with E-state index in [1.54, 1.807) is 24.3 Å². The molecule has 0 radical (unpaired) electrons. The van der Waals surface area contributed by atoms with E-state index in [-0.39, 0.29) is 28.4 Å². The molecule has 0 fully saturated rings. The lowest BCUT2D eigenvalue weighted by Crippen LogP contribution is -2.27. The first-order valence-electron chi connectivity index (χ1n) is 7.78. The van der Waals surface area contributed by atoms with Crippen molar-refractivity contribution in [2.24, 2.45) is 0 Å². The van der Waals surface area contributed by atoms with Gasteiger partial charge in [0.2, 0.25) is 10.9 Å². The van der Waals surface area contributed by atoms with Gasteiger partial charge in [-0.05, 0) is 17.7 Å². The summed E-state index contributed by atoms with van der Waals surface area (Å²) in [5.41, 5.74) is -2.23. The van der Waals surface area contributed by atoms with Gasteiger partial charge in [0.15, 0.2) is 0 Å². The second-order valence-corrected chi connectivity index (χ2v) is 5.82. The molecule has 0 aliphatic carbocycles. The third-order valence-corrected chi connectivity index (χ3v) is 4.36. The lowest BCUT2D eigenvalue weighted by molar-refractivity contribution is 0.414. The average molecular weight is 351 g/mol. The third-order valence-electron chi connectivity index (χ3n) is 4.36. The summed E-state index contributed by atoms with van der Waals surface area (Å²) in [5, 5.41) is -0.756. The van der Waals surface area contributed by atoms with Crippen LogP contribution in [0.3, 0.4) is 0 Å². The van der Waals surface area contributed by atoms with Gasteiger partial charge in [0.1, 0.15) is 27.6 Å². The maximum atomic E-state index is 12.7. The molecule has 2 aromatic heterocycles. The molecule has 0 amide bonds. The summed E-state index contributed by atoms with van der Waals surface area (Å²) in [4.78, 5) is 55.9. The zero-order valence-corrected chi connectivity index (χ0v) is 13.7. The van der Waals surface area contributed by atoms with Crippen molar-refractivity contribution < 1.29 is 4.74 Å². The molecule has 8 nitrogen and oxygen atoms in total. The van der Waals surface area contributed by atoms with Gasteiger partial charge < -0.3 is 14.7 Å². The molecule has 0 unspecified atom stereocenters. The maximum absolute atomic E-state index is 12.7. The Balaban J connectivity index is 2.01. The highest BCUT2D eigenvalue weighted by atomic mass is 16.5. The summed E-state index contributed by atoms with van der Waals surface area (Å²) in [5.74, 6) is 0.636. The average Bonchev–Trinajstić information content (AvgIpc) is 2.92. The van der Waals surface area contributed by atoms with Gasteiger partial charge in [-0.25, -0.2) is 0 Å². The Hall–Kier alpha value is -3.68. The van der Waals surface area contributed by atoms with Gasteiger partial charge >= 0.3 is 0 Å². The number of fused-ring (bicyclic) bond motifs is 2. The zero-order chi connectivity index (χ0) is 18.4. The molecule has 2 aromatic carbocycles. The van der Waals surface area contributed by atoms with Crippen LogP contribution in [0.2, 0.25) is 0 Å². The van der Waals surface area contributed by atoms with E-state index in [1.165, 1.54) is 19.5 Å². The summed E-state index contributed by atoms with van der Waals surface area (Å²) in [6.45, 7) is -0.0427. The van der Waals surface area contributed by atoms with Crippen LogP contribution in [0.5, 0.6) is 5.75 Å². The third kappa shape index (κ3) is 2.16. The van der Waals surface area contributed by atoms with Gasteiger partial charge in [-0.3, -0.25) is 23.7 Å². The molecule has 4 aromatic rings. The molecule has 0 saturated carbocycles. The molecule has 8 heteroatoms. The minimum Gasteiger partial charge on any atom is -0.497 e. The Bertz CT molecular complexity index is 1280. The molecule has 0 atom stereocenters. The SMILES string of the molecule is COc1ccc(Cn2c(=O)c3c(=O)c4[nH]cc[nH]c4c(=O)c3c2=O)cc1. The number of hydrogen-bond acceptors (Lipinski definition) is 5. The smallest absolute Gasteiger partial charge is 0.266 e. The van der Waals surface area contributed by atoms with Crippen molar-refractivity contribution in [1.82, 2.24) is 14.5 Å². The van der Waals surface area contributed by atoms with Crippen LogP contribution in [0.4, 0.5) is 0 Å². The molecule has 2 heterocycles. The van der Waals surface area contributed by atoms with Crippen molar-refractivity contribution in [1.29, 1.82) is 0 Å². The van der Waals surface area contributed by atoms with Gasteiger partial charge in [0.05, 0.1) is 13.7 Å². The second-order valence-electron chi connectivity index (χ2n) is 5.82. The van der Waals surface area contributed by atoms with Crippen LogP contribution >= 0.6 is 0 Å². The first-order chi connectivity index (χ1) is 12.5. The number of aromatic amines is 2. The van der Waals surface area contributed by atoms with Crippen LogP contribution in [0.15, 0.2) is 55.8 Å². The van der Waals surface area contributed by atoms with E-state index in [0.29, 0.717) is 11.3 Å². The first kappa shape index (κ1) is 15.8. The Morgan fingerprint density at radius 2 is 1.35 bits per heavy atom. The number of benzene rings is 2. The lowest BCUT2D eigenvalue weighted by Gasteiger charge is -2.03. The molecule has 0 aliphatic heterocycles. The highest BCUT2D eigenvalue weighted by Crippen LogP contribution is 2.12. The monoisotopic (exact) mass is 351 g/mol. The number of H-pyrrole nitrogens is 2. The van der Waals surface area contributed by atoms with Crippen LogP contribution in [0.25, 0.3) is 21.8 Å². The molecule has 2 N–H and O–H groups in total. The Labute approximate surface area is 144 Å². The van der Waals surface area contributed by atoms with Crippen molar-refractivity contribution in [3.05, 3.63) is 83.4 Å². The van der Waals surface area contributed by atoms with Crippen LogP contribution in [0.1, 0.15) is 5.56 Å². The number of aromatic nitrogens is 3.